The number of carboxylic acids is 2. The van der Waals surface area contributed by atoms with Crippen molar-refractivity contribution in [1.82, 2.24) is 25.0 Å². The van der Waals surface area contributed by atoms with E-state index in [1.165, 1.54) is 59.8 Å². The van der Waals surface area contributed by atoms with Crippen molar-refractivity contribution < 1.29 is 38.8 Å². The van der Waals surface area contributed by atoms with E-state index < -0.39 is 46.6 Å². The molecule has 6 N–H and O–H groups in total. The summed E-state index contributed by atoms with van der Waals surface area (Å²) in [7, 11) is 1.90. The molecular formula is C23H25N8O7S4+. The molecule has 1 saturated heterocycles. The first kappa shape index (κ1) is 30.0. The average molecular weight is 654 g/mol. The van der Waals surface area contributed by atoms with E-state index in [1.54, 1.807) is 0 Å². The summed E-state index contributed by atoms with van der Waals surface area (Å²) in [4.78, 5) is 63.7. The Hall–Kier alpha value is -3.52. The molecule has 1 unspecified atom stereocenters. The summed E-state index contributed by atoms with van der Waals surface area (Å²) < 4.78 is 3.69. The van der Waals surface area contributed by atoms with Gasteiger partial charge >= 0.3 is 11.9 Å². The third kappa shape index (κ3) is 5.87. The number of nitrogens with one attached hydrogen (secondary N) is 2. The second-order valence-electron chi connectivity index (χ2n) is 9.66. The van der Waals surface area contributed by atoms with Crippen LogP contribution < -0.4 is 20.4 Å². The molecule has 2 aromatic rings. The van der Waals surface area contributed by atoms with Crippen molar-refractivity contribution in [2.45, 2.75) is 35.2 Å². The Kier molecular flexibility index (Phi) is 8.30. The first-order chi connectivity index (χ1) is 19.9. The lowest BCUT2D eigenvalue weighted by Crippen LogP contribution is -2.71. The molecule has 0 aromatic carbocycles. The van der Waals surface area contributed by atoms with Crippen LogP contribution >= 0.6 is 46.8 Å². The van der Waals surface area contributed by atoms with Crippen molar-refractivity contribution in [3.8, 4) is 0 Å². The summed E-state index contributed by atoms with van der Waals surface area (Å²) in [6, 6.07) is 0.914. The fourth-order valence-corrected chi connectivity index (χ4v) is 7.97. The Morgan fingerprint density at radius 1 is 1.38 bits per heavy atom. The van der Waals surface area contributed by atoms with E-state index in [1.807, 2.05) is 30.1 Å². The van der Waals surface area contributed by atoms with Crippen LogP contribution in [0.3, 0.4) is 0 Å². The Bertz CT molecular complexity index is 1590. The maximum atomic E-state index is 13.2. The van der Waals surface area contributed by atoms with Crippen molar-refractivity contribution in [2.24, 2.45) is 17.9 Å². The first-order valence-corrected chi connectivity index (χ1v) is 15.8. The summed E-state index contributed by atoms with van der Waals surface area (Å²) in [5.74, 6) is -3.76. The van der Waals surface area contributed by atoms with Gasteiger partial charge in [-0.2, -0.15) is 4.83 Å². The van der Waals surface area contributed by atoms with Crippen LogP contribution in [0, 0.1) is 0 Å². The molecule has 2 amide bonds. The third-order valence-electron chi connectivity index (χ3n) is 6.18. The number of pyridine rings is 1. The lowest BCUT2D eigenvalue weighted by molar-refractivity contribution is -0.670. The highest BCUT2D eigenvalue weighted by Gasteiger charge is 2.54. The van der Waals surface area contributed by atoms with Crippen molar-refractivity contribution >= 4 is 86.6 Å². The van der Waals surface area contributed by atoms with E-state index >= 15 is 0 Å². The number of fused-ring (bicyclic) bond motifs is 2. The molecule has 42 heavy (non-hydrogen) atoms. The number of oxime groups is 1. The zero-order chi connectivity index (χ0) is 30.3. The van der Waals surface area contributed by atoms with Gasteiger partial charge in [0.2, 0.25) is 5.60 Å². The van der Waals surface area contributed by atoms with E-state index in [0.717, 1.165) is 31.5 Å². The van der Waals surface area contributed by atoms with Gasteiger partial charge in [0.05, 0.1) is 10.9 Å². The van der Waals surface area contributed by atoms with Gasteiger partial charge in [-0.3, -0.25) is 14.5 Å². The predicted octanol–water partition coefficient (Wildman–Crippen LogP) is 0.371. The van der Waals surface area contributed by atoms with Gasteiger partial charge in [0.25, 0.3) is 17.6 Å². The third-order valence-corrected chi connectivity index (χ3v) is 10.4. The van der Waals surface area contributed by atoms with Gasteiger partial charge in [-0.1, -0.05) is 16.9 Å². The SMILES string of the molecule is C[n+]1ccc2sc(SCC3=C(C(=O)O)N4C(=O)C(NC(=O)/C(=N/OC(C)(C)C(=O)O)N5C=C(N)SN5)[C@@H]4SC3)nc2c1. The minimum Gasteiger partial charge on any atom is -0.478 e. The van der Waals surface area contributed by atoms with Crippen LogP contribution in [0.2, 0.25) is 0 Å². The van der Waals surface area contributed by atoms with E-state index in [4.69, 9.17) is 10.6 Å². The zero-order valence-electron chi connectivity index (χ0n) is 22.3. The number of amides is 2. The monoisotopic (exact) mass is 653 g/mol. The van der Waals surface area contributed by atoms with Gasteiger partial charge in [-0.25, -0.2) is 24.1 Å². The number of aryl methyl sites for hydroxylation is 1. The minimum absolute atomic E-state index is 0.108. The van der Waals surface area contributed by atoms with E-state index in [0.29, 0.717) is 22.1 Å². The van der Waals surface area contributed by atoms with Crippen LogP contribution in [-0.4, -0.2) is 83.2 Å². The summed E-state index contributed by atoms with van der Waals surface area (Å²) in [6.07, 6.45) is 5.17. The summed E-state index contributed by atoms with van der Waals surface area (Å²) in [5.41, 5.74) is 5.30. The topological polar surface area (TPSA) is 204 Å². The van der Waals surface area contributed by atoms with Crippen LogP contribution in [-0.2, 0) is 31.1 Å². The summed E-state index contributed by atoms with van der Waals surface area (Å²) in [6.45, 7) is 2.51. The number of carbonyl (C=O) groups excluding carboxylic acids is 2. The number of thiazole rings is 1. The molecule has 19 heteroatoms. The van der Waals surface area contributed by atoms with Gasteiger partial charge in [0.1, 0.15) is 34.7 Å². The number of aliphatic carboxylic acids is 2. The number of amidine groups is 1. The number of aromatic nitrogens is 2. The fraction of sp³-hybridized carbons (Fsp3) is 0.348. The molecule has 5 rings (SSSR count). The van der Waals surface area contributed by atoms with Crippen LogP contribution in [0.1, 0.15) is 13.8 Å². The largest absolute Gasteiger partial charge is 0.478 e. The number of hydrazine groups is 1. The Labute approximate surface area is 255 Å². The zero-order valence-corrected chi connectivity index (χ0v) is 25.5. The standard InChI is InChI=1S/C23H24N8O7S4/c1-23(2,21(36)37)38-27-16(30-7-13(24)42-28-30)17(32)26-14-18(33)31-15(20(34)35)10(8-39-19(14)31)9-40-22-25-11-6-29(3)5-4-12(11)41-22/h4-7,14,19,28H,8-9,24H2,1-3H3,(H2-,26,32,34,35,36,37)/p+1/b27-16-/t14?,19-/m0/s1. The highest BCUT2D eigenvalue weighted by atomic mass is 32.2. The number of hydrogen-bond donors (Lipinski definition) is 5. The Balaban J connectivity index is 1.31. The number of carboxylic acid groups (broad SMARTS) is 2. The molecule has 15 nitrogen and oxygen atoms in total. The van der Waals surface area contributed by atoms with Crippen LogP contribution in [0.4, 0.5) is 0 Å². The lowest BCUT2D eigenvalue weighted by atomic mass is 10.0. The summed E-state index contributed by atoms with van der Waals surface area (Å²) >= 11 is 5.21. The maximum Gasteiger partial charge on any atom is 0.352 e. The molecule has 0 radical (unpaired) electrons. The highest BCUT2D eigenvalue weighted by molar-refractivity contribution is 8.02. The maximum absolute atomic E-state index is 13.2. The molecule has 222 valence electrons. The van der Waals surface area contributed by atoms with Gasteiger partial charge in [0.15, 0.2) is 16.7 Å². The molecule has 2 aromatic heterocycles. The van der Waals surface area contributed by atoms with Crippen molar-refractivity contribution in [3.05, 3.63) is 41.0 Å². The number of nitrogens with zero attached hydrogens (tertiary/aromatic N) is 5. The molecule has 2 atom stereocenters. The van der Waals surface area contributed by atoms with Crippen LogP contribution in [0.5, 0.6) is 0 Å². The molecular weight excluding hydrogens is 629 g/mol. The molecule has 0 saturated carbocycles. The van der Waals surface area contributed by atoms with Crippen molar-refractivity contribution in [3.63, 3.8) is 0 Å². The fourth-order valence-electron chi connectivity index (χ4n) is 3.94. The number of nitrogens with two attached hydrogens (primary N) is 1. The molecule has 0 spiro atoms. The molecule has 0 bridgehead atoms. The minimum atomic E-state index is -1.76. The van der Waals surface area contributed by atoms with E-state index in [2.05, 4.69) is 20.3 Å². The number of hydrogen-bond acceptors (Lipinski definition) is 13. The van der Waals surface area contributed by atoms with Crippen LogP contribution in [0.15, 0.2) is 50.5 Å². The van der Waals surface area contributed by atoms with Gasteiger partial charge in [0, 0.05) is 17.6 Å². The molecule has 5 heterocycles. The molecule has 3 aliphatic rings. The number of thioether (sulfide) groups is 2. The second kappa shape index (κ2) is 11.6. The molecule has 1 fully saturated rings. The van der Waals surface area contributed by atoms with E-state index in [-0.39, 0.29) is 5.70 Å². The predicted molar refractivity (Wildman–Crippen MR) is 156 cm³/mol. The van der Waals surface area contributed by atoms with Gasteiger partial charge in [-0.15, -0.1) is 23.1 Å². The average Bonchev–Trinajstić information content (AvgIpc) is 3.54. The quantitative estimate of drug-likeness (QED) is 0.0497. The number of β-lactam (4-membered cyclic amide) rings is 1. The second-order valence-corrected chi connectivity index (χ2v) is 13.9. The Morgan fingerprint density at radius 2 is 2.14 bits per heavy atom. The lowest BCUT2D eigenvalue weighted by Gasteiger charge is -2.49. The highest BCUT2D eigenvalue weighted by Crippen LogP contribution is 2.42. The Morgan fingerprint density at radius 3 is 2.81 bits per heavy atom. The number of carbonyl (C=O) groups is 4. The summed E-state index contributed by atoms with van der Waals surface area (Å²) in [5, 5.41) is 26.4. The van der Waals surface area contributed by atoms with Crippen LogP contribution in [0.25, 0.3) is 10.2 Å². The first-order valence-electron chi connectivity index (χ1n) is 12.1. The number of rotatable bonds is 8. The van der Waals surface area contributed by atoms with Crippen molar-refractivity contribution in [1.29, 1.82) is 0 Å². The molecule has 0 aliphatic carbocycles. The smallest absolute Gasteiger partial charge is 0.352 e. The van der Waals surface area contributed by atoms with E-state index in [9.17, 15) is 29.4 Å². The molecule has 3 aliphatic heterocycles. The van der Waals surface area contributed by atoms with Crippen molar-refractivity contribution in [2.75, 3.05) is 11.5 Å². The van der Waals surface area contributed by atoms with Gasteiger partial charge in [-0.05, 0) is 31.4 Å². The van der Waals surface area contributed by atoms with Gasteiger partial charge < -0.3 is 26.1 Å². The normalized spacial score (nSPS) is 20.8.